The molecule has 1 aromatic carbocycles. The van der Waals surface area contributed by atoms with Crippen LogP contribution in [0.15, 0.2) is 24.3 Å². The number of hydrogen-bond acceptors (Lipinski definition) is 3. The second-order valence-corrected chi connectivity index (χ2v) is 6.99. The highest BCUT2D eigenvalue weighted by atomic mass is 16.5. The van der Waals surface area contributed by atoms with Gasteiger partial charge < -0.3 is 15.2 Å². The summed E-state index contributed by atoms with van der Waals surface area (Å²) in [6.07, 6.45) is 1.95. The summed E-state index contributed by atoms with van der Waals surface area (Å²) in [5.74, 6) is 0.560. The molecule has 122 valence electrons. The first-order chi connectivity index (χ1) is 10.4. The molecular formula is C18H27NO3. The maximum atomic E-state index is 12.0. The Balaban J connectivity index is 1.81. The van der Waals surface area contributed by atoms with Crippen molar-refractivity contribution in [1.82, 2.24) is 5.32 Å². The minimum atomic E-state index is -0.484. The lowest BCUT2D eigenvalue weighted by Gasteiger charge is -2.22. The van der Waals surface area contributed by atoms with E-state index in [0.717, 1.165) is 30.6 Å². The van der Waals surface area contributed by atoms with Crippen LogP contribution in [-0.4, -0.2) is 30.3 Å². The predicted molar refractivity (Wildman–Crippen MR) is 87.0 cm³/mol. The van der Waals surface area contributed by atoms with Crippen LogP contribution in [0.25, 0.3) is 0 Å². The van der Waals surface area contributed by atoms with Crippen LogP contribution in [0.5, 0.6) is 5.75 Å². The second kappa shape index (κ2) is 7.14. The number of aliphatic hydroxyl groups is 1. The highest BCUT2D eigenvalue weighted by Gasteiger charge is 2.31. The number of rotatable bonds is 5. The Morgan fingerprint density at radius 3 is 2.68 bits per heavy atom. The summed E-state index contributed by atoms with van der Waals surface area (Å²) in [4.78, 5) is 12.0. The SMILES string of the molecule is CC(C)(C)c1ccccc1OCCNC(=O)C1CCCC1O. The van der Waals surface area contributed by atoms with Crippen molar-refractivity contribution < 1.29 is 14.6 Å². The summed E-state index contributed by atoms with van der Waals surface area (Å²) < 4.78 is 5.83. The quantitative estimate of drug-likeness (QED) is 0.822. The molecule has 0 bridgehead atoms. The molecule has 4 nitrogen and oxygen atoms in total. The minimum absolute atomic E-state index is 0.0216. The molecule has 22 heavy (non-hydrogen) atoms. The number of para-hydroxylation sites is 1. The minimum Gasteiger partial charge on any atom is -0.491 e. The summed E-state index contributed by atoms with van der Waals surface area (Å²) in [5, 5.41) is 12.6. The zero-order chi connectivity index (χ0) is 16.2. The Kier molecular flexibility index (Phi) is 5.46. The largest absolute Gasteiger partial charge is 0.491 e. The fourth-order valence-electron chi connectivity index (χ4n) is 2.92. The Morgan fingerprint density at radius 1 is 1.32 bits per heavy atom. The first-order valence-corrected chi connectivity index (χ1v) is 8.07. The summed E-state index contributed by atoms with van der Waals surface area (Å²) in [7, 11) is 0. The van der Waals surface area contributed by atoms with Gasteiger partial charge in [0.25, 0.3) is 0 Å². The Bertz CT molecular complexity index is 507. The van der Waals surface area contributed by atoms with Crippen molar-refractivity contribution in [2.24, 2.45) is 5.92 Å². The lowest BCUT2D eigenvalue weighted by Crippen LogP contribution is -2.37. The summed E-state index contributed by atoms with van der Waals surface area (Å²) in [6, 6.07) is 8.00. The van der Waals surface area contributed by atoms with Crippen LogP contribution < -0.4 is 10.1 Å². The average Bonchev–Trinajstić information content (AvgIpc) is 2.89. The number of amides is 1. The van der Waals surface area contributed by atoms with Gasteiger partial charge in [-0.3, -0.25) is 4.79 Å². The summed E-state index contributed by atoms with van der Waals surface area (Å²) >= 11 is 0. The second-order valence-electron chi connectivity index (χ2n) is 6.99. The van der Waals surface area contributed by atoms with E-state index < -0.39 is 6.10 Å². The smallest absolute Gasteiger partial charge is 0.225 e. The van der Waals surface area contributed by atoms with Gasteiger partial charge in [-0.25, -0.2) is 0 Å². The lowest BCUT2D eigenvalue weighted by atomic mass is 9.86. The summed E-state index contributed by atoms with van der Waals surface area (Å²) in [5.41, 5.74) is 1.18. The fraction of sp³-hybridized carbons (Fsp3) is 0.611. The van der Waals surface area contributed by atoms with Crippen LogP contribution in [0.2, 0.25) is 0 Å². The predicted octanol–water partition coefficient (Wildman–Crippen LogP) is 2.64. The maximum absolute atomic E-state index is 12.0. The van der Waals surface area contributed by atoms with Crippen LogP contribution in [0.4, 0.5) is 0 Å². The van der Waals surface area contributed by atoms with E-state index in [1.165, 1.54) is 0 Å². The van der Waals surface area contributed by atoms with E-state index in [2.05, 4.69) is 32.2 Å². The molecule has 2 unspecified atom stereocenters. The number of hydrogen-bond donors (Lipinski definition) is 2. The molecule has 1 aromatic rings. The molecule has 2 atom stereocenters. The van der Waals surface area contributed by atoms with Crippen molar-refractivity contribution >= 4 is 5.91 Å². The third kappa shape index (κ3) is 4.23. The number of benzene rings is 1. The number of carbonyl (C=O) groups excluding carboxylic acids is 1. The first-order valence-electron chi connectivity index (χ1n) is 8.07. The topological polar surface area (TPSA) is 58.6 Å². The Labute approximate surface area is 132 Å². The Morgan fingerprint density at radius 2 is 2.05 bits per heavy atom. The van der Waals surface area contributed by atoms with Crippen LogP contribution in [0.1, 0.15) is 45.6 Å². The zero-order valence-electron chi connectivity index (χ0n) is 13.8. The van der Waals surface area contributed by atoms with Gasteiger partial charge in [-0.2, -0.15) is 0 Å². The Hall–Kier alpha value is -1.55. The van der Waals surface area contributed by atoms with E-state index in [9.17, 15) is 9.90 Å². The van der Waals surface area contributed by atoms with Crippen LogP contribution in [0.3, 0.4) is 0 Å². The fourth-order valence-corrected chi connectivity index (χ4v) is 2.92. The van der Waals surface area contributed by atoms with Crippen LogP contribution in [-0.2, 0) is 10.2 Å². The third-order valence-electron chi connectivity index (χ3n) is 4.17. The highest BCUT2D eigenvalue weighted by Crippen LogP contribution is 2.30. The zero-order valence-corrected chi connectivity index (χ0v) is 13.8. The van der Waals surface area contributed by atoms with Crippen LogP contribution >= 0.6 is 0 Å². The monoisotopic (exact) mass is 305 g/mol. The molecule has 2 rings (SSSR count). The van der Waals surface area contributed by atoms with E-state index >= 15 is 0 Å². The van der Waals surface area contributed by atoms with E-state index in [-0.39, 0.29) is 17.2 Å². The van der Waals surface area contributed by atoms with Gasteiger partial charge in [0, 0.05) is 0 Å². The molecule has 4 heteroatoms. The molecule has 1 aliphatic rings. The van der Waals surface area contributed by atoms with Gasteiger partial charge >= 0.3 is 0 Å². The molecule has 0 spiro atoms. The van der Waals surface area contributed by atoms with E-state index in [0.29, 0.717) is 13.2 Å². The molecule has 1 amide bonds. The molecule has 1 aliphatic carbocycles. The standard InChI is InChI=1S/C18H27NO3/c1-18(2,3)14-8-4-5-10-16(14)22-12-11-19-17(21)13-7-6-9-15(13)20/h4-5,8,10,13,15,20H,6-7,9,11-12H2,1-3H3,(H,19,21). The van der Waals surface area contributed by atoms with E-state index in [1.54, 1.807) is 0 Å². The molecule has 0 aliphatic heterocycles. The van der Waals surface area contributed by atoms with Crippen molar-refractivity contribution in [2.45, 2.75) is 51.6 Å². The van der Waals surface area contributed by atoms with Gasteiger partial charge in [-0.15, -0.1) is 0 Å². The first kappa shape index (κ1) is 16.8. The van der Waals surface area contributed by atoms with Crippen molar-refractivity contribution in [3.05, 3.63) is 29.8 Å². The molecule has 0 radical (unpaired) electrons. The van der Waals surface area contributed by atoms with Crippen molar-refractivity contribution in [1.29, 1.82) is 0 Å². The van der Waals surface area contributed by atoms with Gasteiger partial charge in [0.1, 0.15) is 12.4 Å². The molecule has 0 aromatic heterocycles. The van der Waals surface area contributed by atoms with Gasteiger partial charge in [0.2, 0.25) is 5.91 Å². The molecule has 0 heterocycles. The third-order valence-corrected chi connectivity index (χ3v) is 4.17. The molecule has 1 fully saturated rings. The summed E-state index contributed by atoms with van der Waals surface area (Å²) in [6.45, 7) is 7.34. The molecule has 1 saturated carbocycles. The number of carbonyl (C=O) groups is 1. The molecular weight excluding hydrogens is 278 g/mol. The van der Waals surface area contributed by atoms with E-state index in [1.807, 2.05) is 18.2 Å². The number of aliphatic hydroxyl groups excluding tert-OH is 1. The van der Waals surface area contributed by atoms with Gasteiger partial charge in [-0.1, -0.05) is 39.0 Å². The number of nitrogens with one attached hydrogen (secondary N) is 1. The van der Waals surface area contributed by atoms with Crippen molar-refractivity contribution in [2.75, 3.05) is 13.2 Å². The number of ether oxygens (including phenoxy) is 1. The average molecular weight is 305 g/mol. The maximum Gasteiger partial charge on any atom is 0.225 e. The van der Waals surface area contributed by atoms with Gasteiger partial charge in [0.15, 0.2) is 0 Å². The van der Waals surface area contributed by atoms with Gasteiger partial charge in [-0.05, 0) is 36.3 Å². The molecule has 2 N–H and O–H groups in total. The normalized spacial score (nSPS) is 21.6. The van der Waals surface area contributed by atoms with E-state index in [4.69, 9.17) is 4.74 Å². The van der Waals surface area contributed by atoms with Crippen molar-refractivity contribution in [3.63, 3.8) is 0 Å². The van der Waals surface area contributed by atoms with Crippen LogP contribution in [0, 0.1) is 5.92 Å². The van der Waals surface area contributed by atoms with Crippen molar-refractivity contribution in [3.8, 4) is 5.75 Å². The van der Waals surface area contributed by atoms with Gasteiger partial charge in [0.05, 0.1) is 18.6 Å². The lowest BCUT2D eigenvalue weighted by molar-refractivity contribution is -0.127. The molecule has 0 saturated heterocycles. The highest BCUT2D eigenvalue weighted by molar-refractivity contribution is 5.79.